The van der Waals surface area contributed by atoms with Gasteiger partial charge >= 0.3 is 5.97 Å². The number of aromatic hydroxyl groups is 1. The molecule has 0 bridgehead atoms. The minimum atomic E-state index is -2.10. The molecule has 3 fully saturated rings. The van der Waals surface area contributed by atoms with E-state index in [0.717, 1.165) is 21.9 Å². The number of phenolic OH excluding ortho intramolecular Hbond substituents is 1. The van der Waals surface area contributed by atoms with Crippen LogP contribution < -0.4 is 9.80 Å². The van der Waals surface area contributed by atoms with E-state index in [9.17, 15) is 38.6 Å². The van der Waals surface area contributed by atoms with E-state index in [0.29, 0.717) is 22.3 Å². The van der Waals surface area contributed by atoms with Crippen LogP contribution in [0.15, 0.2) is 72.3 Å². The SMILES string of the molecule is Cc1cc(C2C3=CCC4C(=O)N(c5cccc(C(=O)O)c5)C(=O)C4C3CC3(Cl)C(=O)N(c4ccc(F)cc4)C(=O)C23Cl)cc(C)c1O. The summed E-state index contributed by atoms with van der Waals surface area (Å²) in [5.41, 5.74) is 2.09. The smallest absolute Gasteiger partial charge is 0.335 e. The maximum atomic E-state index is 14.5. The summed E-state index contributed by atoms with van der Waals surface area (Å²) in [6, 6.07) is 13.6. The molecule has 2 N–H and O–H groups in total. The Morgan fingerprint density at radius 3 is 2.17 bits per heavy atom. The Hall–Kier alpha value is -4.54. The van der Waals surface area contributed by atoms with E-state index < -0.39 is 68.8 Å². The van der Waals surface area contributed by atoms with Crippen LogP contribution in [0.1, 0.15) is 45.8 Å². The Balaban J connectivity index is 1.40. The molecule has 6 atom stereocenters. The van der Waals surface area contributed by atoms with Crippen LogP contribution in [0.3, 0.4) is 0 Å². The number of carbonyl (C=O) groups is 5. The maximum absolute atomic E-state index is 14.5. The second kappa shape index (κ2) is 10.5. The van der Waals surface area contributed by atoms with Gasteiger partial charge in [0.25, 0.3) is 11.8 Å². The van der Waals surface area contributed by atoms with E-state index in [1.54, 1.807) is 32.1 Å². The molecule has 0 aromatic heterocycles. The number of allylic oxidation sites excluding steroid dienone is 2. The lowest BCUT2D eigenvalue weighted by molar-refractivity contribution is -0.125. The topological polar surface area (TPSA) is 132 Å². The van der Waals surface area contributed by atoms with E-state index in [4.69, 9.17) is 23.2 Å². The molecule has 4 aliphatic rings. The Morgan fingerprint density at radius 2 is 1.53 bits per heavy atom. The average Bonchev–Trinajstić information content (AvgIpc) is 3.37. The quantitative estimate of drug-likeness (QED) is 0.208. The number of hydrogen-bond donors (Lipinski definition) is 2. The molecule has 2 saturated heterocycles. The van der Waals surface area contributed by atoms with E-state index in [1.807, 2.05) is 0 Å². The first-order valence-electron chi connectivity index (χ1n) is 14.9. The summed E-state index contributed by atoms with van der Waals surface area (Å²) >= 11 is 14.8. The summed E-state index contributed by atoms with van der Waals surface area (Å²) in [5, 5.41) is 20.1. The molecule has 47 heavy (non-hydrogen) atoms. The maximum Gasteiger partial charge on any atom is 0.335 e. The predicted molar refractivity (Wildman–Crippen MR) is 170 cm³/mol. The minimum absolute atomic E-state index is 0.0390. The van der Waals surface area contributed by atoms with Gasteiger partial charge in [-0.25, -0.2) is 14.1 Å². The molecule has 240 valence electrons. The van der Waals surface area contributed by atoms with Crippen molar-refractivity contribution in [2.24, 2.45) is 17.8 Å². The Labute approximate surface area is 278 Å². The molecule has 1 saturated carbocycles. The van der Waals surface area contributed by atoms with Gasteiger partial charge in [0.05, 0.1) is 28.8 Å². The number of amides is 4. The number of aryl methyl sites for hydroxylation is 2. The molecule has 2 aliphatic carbocycles. The van der Waals surface area contributed by atoms with E-state index in [-0.39, 0.29) is 35.5 Å². The fourth-order valence-electron chi connectivity index (χ4n) is 7.96. The van der Waals surface area contributed by atoms with Crippen molar-refractivity contribution in [3.8, 4) is 5.75 Å². The van der Waals surface area contributed by atoms with Gasteiger partial charge in [-0.15, -0.1) is 23.2 Å². The van der Waals surface area contributed by atoms with Crippen LogP contribution in [0.4, 0.5) is 15.8 Å². The average molecular weight is 678 g/mol. The second-order valence-electron chi connectivity index (χ2n) is 12.6. The van der Waals surface area contributed by atoms with Crippen LogP contribution in [0, 0.1) is 37.4 Å². The third-order valence-electron chi connectivity index (χ3n) is 10.1. The van der Waals surface area contributed by atoms with Crippen LogP contribution in [-0.4, -0.2) is 49.6 Å². The number of halogens is 3. The van der Waals surface area contributed by atoms with E-state index >= 15 is 0 Å². The van der Waals surface area contributed by atoms with Gasteiger partial charge in [0.1, 0.15) is 11.6 Å². The lowest BCUT2D eigenvalue weighted by Crippen LogP contribution is -2.60. The fourth-order valence-corrected chi connectivity index (χ4v) is 8.90. The van der Waals surface area contributed by atoms with Gasteiger partial charge in [0.2, 0.25) is 11.8 Å². The van der Waals surface area contributed by atoms with Gasteiger partial charge in [-0.3, -0.25) is 24.1 Å². The first-order valence-corrected chi connectivity index (χ1v) is 15.7. The number of anilines is 2. The van der Waals surface area contributed by atoms with Crippen molar-refractivity contribution in [1.82, 2.24) is 0 Å². The minimum Gasteiger partial charge on any atom is -0.507 e. The molecule has 6 unspecified atom stereocenters. The molecule has 0 radical (unpaired) electrons. The summed E-state index contributed by atoms with van der Waals surface area (Å²) in [6.07, 6.45) is 1.64. The van der Waals surface area contributed by atoms with Crippen molar-refractivity contribution in [2.75, 3.05) is 9.80 Å². The van der Waals surface area contributed by atoms with Crippen molar-refractivity contribution in [3.05, 3.63) is 100 Å². The molecule has 0 spiro atoms. The number of hydrogen-bond acceptors (Lipinski definition) is 6. The highest BCUT2D eigenvalue weighted by molar-refractivity contribution is 6.58. The van der Waals surface area contributed by atoms with Gasteiger partial charge in [-0.05, 0) is 91.8 Å². The van der Waals surface area contributed by atoms with Gasteiger partial charge < -0.3 is 10.2 Å². The summed E-state index contributed by atoms with van der Waals surface area (Å²) in [4.78, 5) is 66.2. The highest BCUT2D eigenvalue weighted by Gasteiger charge is 2.76. The lowest BCUT2D eigenvalue weighted by atomic mass is 9.56. The van der Waals surface area contributed by atoms with Crippen LogP contribution in [0.25, 0.3) is 0 Å². The largest absolute Gasteiger partial charge is 0.507 e. The van der Waals surface area contributed by atoms with Crippen molar-refractivity contribution in [1.29, 1.82) is 0 Å². The molecular formula is C35H27Cl2FN2O7. The summed E-state index contributed by atoms with van der Waals surface area (Å²) < 4.78 is 13.9. The van der Waals surface area contributed by atoms with Crippen LogP contribution in [0.5, 0.6) is 5.75 Å². The van der Waals surface area contributed by atoms with Crippen LogP contribution in [0.2, 0.25) is 0 Å². The van der Waals surface area contributed by atoms with Crippen LogP contribution >= 0.6 is 23.2 Å². The Bertz CT molecular complexity index is 1960. The number of carbonyl (C=O) groups excluding carboxylic acids is 4. The number of phenols is 1. The first kappa shape index (κ1) is 31.1. The predicted octanol–water partition coefficient (Wildman–Crippen LogP) is 5.61. The molecule has 4 amide bonds. The number of aromatic carboxylic acids is 1. The summed E-state index contributed by atoms with van der Waals surface area (Å²) in [5.74, 6) is -8.22. The lowest BCUT2D eigenvalue weighted by Gasteiger charge is -2.50. The zero-order valence-electron chi connectivity index (χ0n) is 25.0. The molecule has 7 rings (SSSR count). The third kappa shape index (κ3) is 4.17. The van der Waals surface area contributed by atoms with Crippen molar-refractivity contribution < 1.29 is 38.6 Å². The fraction of sp³-hybridized carbons (Fsp3) is 0.286. The summed E-state index contributed by atoms with van der Waals surface area (Å²) in [7, 11) is 0. The molecule has 2 aliphatic heterocycles. The number of carboxylic acid groups (broad SMARTS) is 1. The van der Waals surface area contributed by atoms with Gasteiger partial charge in [0.15, 0.2) is 9.75 Å². The number of alkyl halides is 2. The molecular weight excluding hydrogens is 650 g/mol. The Kier molecular flexibility index (Phi) is 6.93. The number of benzene rings is 3. The second-order valence-corrected chi connectivity index (χ2v) is 13.9. The van der Waals surface area contributed by atoms with Crippen LogP contribution in [-0.2, 0) is 19.2 Å². The van der Waals surface area contributed by atoms with E-state index in [1.165, 1.54) is 36.4 Å². The molecule has 2 heterocycles. The van der Waals surface area contributed by atoms with Gasteiger partial charge in [0, 0.05) is 5.92 Å². The Morgan fingerprint density at radius 1 is 0.872 bits per heavy atom. The number of fused-ring (bicyclic) bond motifs is 4. The number of nitrogens with zero attached hydrogens (tertiary/aromatic N) is 2. The highest BCUT2D eigenvalue weighted by Crippen LogP contribution is 2.66. The molecule has 12 heteroatoms. The standard InChI is InChI=1S/C35H27Cl2FN2O7/c1-16-12-19(13-17(2)28(16)41)27-23-10-11-24-26(30(43)39(29(24)42)22-5-3-4-18(14-22)31(44)45)25(23)15-34(36)32(46)40(33(47)35(27,34)37)21-8-6-20(38)7-9-21/h3-10,12-14,24-27,41H,11,15H2,1-2H3,(H,44,45). The van der Waals surface area contributed by atoms with Crippen molar-refractivity contribution in [3.63, 3.8) is 0 Å². The number of imide groups is 2. The normalized spacial score (nSPS) is 29.9. The zero-order chi connectivity index (χ0) is 33.7. The summed E-state index contributed by atoms with van der Waals surface area (Å²) in [6.45, 7) is 3.36. The van der Waals surface area contributed by atoms with Gasteiger partial charge in [-0.2, -0.15) is 0 Å². The van der Waals surface area contributed by atoms with Crippen molar-refractivity contribution in [2.45, 2.75) is 42.4 Å². The third-order valence-corrected chi connectivity index (χ3v) is 11.5. The molecule has 3 aromatic rings. The zero-order valence-corrected chi connectivity index (χ0v) is 26.6. The number of carboxylic acids is 1. The first-order chi connectivity index (χ1) is 22.2. The number of rotatable bonds is 4. The molecule has 3 aromatic carbocycles. The molecule has 9 nitrogen and oxygen atoms in total. The monoisotopic (exact) mass is 676 g/mol. The van der Waals surface area contributed by atoms with E-state index in [2.05, 4.69) is 0 Å². The highest BCUT2D eigenvalue weighted by atomic mass is 35.5. The van der Waals surface area contributed by atoms with Crippen molar-refractivity contribution >= 4 is 64.2 Å². The van der Waals surface area contributed by atoms with Gasteiger partial charge in [-0.1, -0.05) is 29.8 Å².